The number of hydrogen-bond acceptors (Lipinski definition) is 3. The Bertz CT molecular complexity index is 400. The van der Waals surface area contributed by atoms with Crippen molar-refractivity contribution in [3.05, 3.63) is 34.9 Å². The van der Waals surface area contributed by atoms with Gasteiger partial charge in [-0.2, -0.15) is 0 Å². The van der Waals surface area contributed by atoms with E-state index in [-0.39, 0.29) is 12.1 Å². The van der Waals surface area contributed by atoms with Gasteiger partial charge in [-0.1, -0.05) is 30.7 Å². The lowest BCUT2D eigenvalue weighted by Crippen LogP contribution is -2.50. The van der Waals surface area contributed by atoms with Crippen LogP contribution < -0.4 is 5.73 Å². The van der Waals surface area contributed by atoms with E-state index < -0.39 is 0 Å². The van der Waals surface area contributed by atoms with E-state index in [0.717, 1.165) is 37.7 Å². The molecule has 4 heteroatoms. The third kappa shape index (κ3) is 3.69. The Labute approximate surface area is 121 Å². The number of halogens is 1. The molecule has 0 amide bonds. The summed E-state index contributed by atoms with van der Waals surface area (Å²) in [6, 6.07) is 8.46. The predicted molar refractivity (Wildman–Crippen MR) is 81.5 cm³/mol. The first-order valence-corrected chi connectivity index (χ1v) is 7.47. The van der Waals surface area contributed by atoms with Crippen LogP contribution in [0.25, 0.3) is 0 Å². The lowest BCUT2D eigenvalue weighted by atomic mass is 9.98. The van der Waals surface area contributed by atoms with E-state index in [1.807, 2.05) is 18.2 Å². The summed E-state index contributed by atoms with van der Waals surface area (Å²) < 4.78 is 0. The van der Waals surface area contributed by atoms with Gasteiger partial charge in [0.2, 0.25) is 0 Å². The second kappa shape index (κ2) is 6.71. The molecule has 1 heterocycles. The van der Waals surface area contributed by atoms with E-state index >= 15 is 0 Å². The number of rotatable bonds is 4. The van der Waals surface area contributed by atoms with Gasteiger partial charge < -0.3 is 10.6 Å². The summed E-state index contributed by atoms with van der Waals surface area (Å²) in [6.07, 6.45) is 0. The quantitative estimate of drug-likeness (QED) is 0.920. The molecule has 106 valence electrons. The van der Waals surface area contributed by atoms with Crippen molar-refractivity contribution in [2.24, 2.45) is 5.73 Å². The topological polar surface area (TPSA) is 32.5 Å². The molecule has 0 spiro atoms. The summed E-state index contributed by atoms with van der Waals surface area (Å²) in [4.78, 5) is 4.97. The van der Waals surface area contributed by atoms with E-state index in [2.05, 4.69) is 29.7 Å². The maximum Gasteiger partial charge on any atom is 0.0498 e. The van der Waals surface area contributed by atoms with Crippen molar-refractivity contribution in [2.75, 3.05) is 32.7 Å². The van der Waals surface area contributed by atoms with Crippen LogP contribution in [0.4, 0.5) is 0 Å². The molecule has 0 bridgehead atoms. The molecular formula is C15H24ClN3. The fourth-order valence-electron chi connectivity index (χ4n) is 2.90. The summed E-state index contributed by atoms with van der Waals surface area (Å²) >= 11 is 6.11. The summed E-state index contributed by atoms with van der Waals surface area (Å²) in [7, 11) is 0. The summed E-state index contributed by atoms with van der Waals surface area (Å²) in [5, 5.41) is 0.787. The van der Waals surface area contributed by atoms with E-state index in [9.17, 15) is 0 Å². The Morgan fingerprint density at radius 3 is 2.47 bits per heavy atom. The minimum atomic E-state index is 0.103. The van der Waals surface area contributed by atoms with Gasteiger partial charge in [0.15, 0.2) is 0 Å². The van der Waals surface area contributed by atoms with E-state index in [1.54, 1.807) is 0 Å². The zero-order valence-electron chi connectivity index (χ0n) is 11.8. The van der Waals surface area contributed by atoms with Crippen molar-refractivity contribution >= 4 is 11.6 Å². The fourth-order valence-corrected chi connectivity index (χ4v) is 3.09. The van der Waals surface area contributed by atoms with Crippen LogP contribution in [-0.4, -0.2) is 48.6 Å². The molecule has 1 aromatic rings. The standard InChI is InChI=1S/C15H24ClN3/c1-3-18-7-9-19(10-8-18)15(12(2)17)13-5-4-6-14(16)11-13/h4-6,11-12,15H,3,7-10,17H2,1-2H3. The number of nitrogens with zero attached hydrogens (tertiary/aromatic N) is 2. The third-order valence-corrected chi connectivity index (χ3v) is 4.17. The molecule has 1 aromatic carbocycles. The highest BCUT2D eigenvalue weighted by Gasteiger charge is 2.27. The highest BCUT2D eigenvalue weighted by Crippen LogP contribution is 2.26. The van der Waals surface area contributed by atoms with Gasteiger partial charge in [-0.25, -0.2) is 0 Å². The fraction of sp³-hybridized carbons (Fsp3) is 0.600. The Morgan fingerprint density at radius 2 is 1.95 bits per heavy atom. The van der Waals surface area contributed by atoms with Crippen LogP contribution in [0.5, 0.6) is 0 Å². The average molecular weight is 282 g/mol. The SMILES string of the molecule is CCN1CCN(C(c2cccc(Cl)c2)C(C)N)CC1. The molecule has 2 atom stereocenters. The van der Waals surface area contributed by atoms with Crippen molar-refractivity contribution in [1.82, 2.24) is 9.80 Å². The van der Waals surface area contributed by atoms with E-state index in [4.69, 9.17) is 17.3 Å². The van der Waals surface area contributed by atoms with Gasteiger partial charge in [0, 0.05) is 43.3 Å². The molecule has 1 aliphatic rings. The van der Waals surface area contributed by atoms with Crippen LogP contribution in [-0.2, 0) is 0 Å². The van der Waals surface area contributed by atoms with Gasteiger partial charge in [0.1, 0.15) is 0 Å². The minimum Gasteiger partial charge on any atom is -0.326 e. The zero-order valence-corrected chi connectivity index (χ0v) is 12.6. The normalized spacial score (nSPS) is 21.3. The molecule has 2 unspecified atom stereocenters. The first-order valence-electron chi connectivity index (χ1n) is 7.09. The molecule has 1 aliphatic heterocycles. The van der Waals surface area contributed by atoms with Crippen LogP contribution in [0.3, 0.4) is 0 Å². The van der Waals surface area contributed by atoms with Gasteiger partial charge in [0.25, 0.3) is 0 Å². The molecule has 3 nitrogen and oxygen atoms in total. The second-order valence-corrected chi connectivity index (χ2v) is 5.77. The molecule has 1 fully saturated rings. The molecule has 0 saturated carbocycles. The monoisotopic (exact) mass is 281 g/mol. The minimum absolute atomic E-state index is 0.103. The Hall–Kier alpha value is -0.610. The maximum atomic E-state index is 6.22. The predicted octanol–water partition coefficient (Wildman–Crippen LogP) is 2.37. The average Bonchev–Trinajstić information content (AvgIpc) is 2.39. The lowest BCUT2D eigenvalue weighted by Gasteiger charge is -2.40. The van der Waals surface area contributed by atoms with Crippen molar-refractivity contribution in [1.29, 1.82) is 0 Å². The summed E-state index contributed by atoms with van der Waals surface area (Å²) in [6.45, 7) is 9.83. The van der Waals surface area contributed by atoms with Crippen LogP contribution in [0.1, 0.15) is 25.5 Å². The van der Waals surface area contributed by atoms with Crippen LogP contribution in [0.15, 0.2) is 24.3 Å². The smallest absolute Gasteiger partial charge is 0.0498 e. The number of hydrogen-bond donors (Lipinski definition) is 1. The molecule has 2 N–H and O–H groups in total. The van der Waals surface area contributed by atoms with Gasteiger partial charge in [0.05, 0.1) is 0 Å². The highest BCUT2D eigenvalue weighted by molar-refractivity contribution is 6.30. The lowest BCUT2D eigenvalue weighted by molar-refractivity contribution is 0.0898. The molecule has 2 rings (SSSR count). The van der Waals surface area contributed by atoms with Gasteiger partial charge >= 0.3 is 0 Å². The summed E-state index contributed by atoms with van der Waals surface area (Å²) in [5.41, 5.74) is 7.45. The van der Waals surface area contributed by atoms with Gasteiger partial charge in [-0.15, -0.1) is 0 Å². The second-order valence-electron chi connectivity index (χ2n) is 5.33. The van der Waals surface area contributed by atoms with Gasteiger partial charge in [-0.05, 0) is 31.2 Å². The highest BCUT2D eigenvalue weighted by atomic mass is 35.5. The number of piperazine rings is 1. The molecule has 1 saturated heterocycles. The largest absolute Gasteiger partial charge is 0.326 e. The Balaban J connectivity index is 2.13. The van der Waals surface area contributed by atoms with E-state index in [0.29, 0.717) is 0 Å². The van der Waals surface area contributed by atoms with Crippen LogP contribution in [0.2, 0.25) is 5.02 Å². The van der Waals surface area contributed by atoms with Crippen molar-refractivity contribution in [3.8, 4) is 0 Å². The van der Waals surface area contributed by atoms with Gasteiger partial charge in [-0.3, -0.25) is 4.90 Å². The van der Waals surface area contributed by atoms with Crippen molar-refractivity contribution in [3.63, 3.8) is 0 Å². The first-order chi connectivity index (χ1) is 9.11. The molecule has 0 radical (unpaired) electrons. The zero-order chi connectivity index (χ0) is 13.8. The van der Waals surface area contributed by atoms with Crippen molar-refractivity contribution in [2.45, 2.75) is 25.9 Å². The Kier molecular flexibility index (Phi) is 5.22. The molecule has 19 heavy (non-hydrogen) atoms. The molecule has 0 aliphatic carbocycles. The van der Waals surface area contributed by atoms with Crippen LogP contribution >= 0.6 is 11.6 Å². The molecular weight excluding hydrogens is 258 g/mol. The van der Waals surface area contributed by atoms with Crippen molar-refractivity contribution < 1.29 is 0 Å². The Morgan fingerprint density at radius 1 is 1.26 bits per heavy atom. The van der Waals surface area contributed by atoms with Crippen LogP contribution in [0, 0.1) is 0 Å². The van der Waals surface area contributed by atoms with E-state index in [1.165, 1.54) is 5.56 Å². The third-order valence-electron chi connectivity index (χ3n) is 3.94. The summed E-state index contributed by atoms with van der Waals surface area (Å²) in [5.74, 6) is 0. The first kappa shape index (κ1) is 14.8. The number of nitrogens with two attached hydrogens (primary N) is 1. The maximum absolute atomic E-state index is 6.22. The number of benzene rings is 1. The molecule has 0 aromatic heterocycles. The number of likely N-dealkylation sites (N-methyl/N-ethyl adjacent to an activating group) is 1.